The molecule has 2 atom stereocenters. The van der Waals surface area contributed by atoms with Gasteiger partial charge in [-0.3, -0.25) is 9.59 Å². The van der Waals surface area contributed by atoms with Crippen molar-refractivity contribution in [3.8, 4) is 0 Å². The van der Waals surface area contributed by atoms with Gasteiger partial charge in [-0.05, 0) is 18.8 Å². The first kappa shape index (κ1) is 14.9. The molecule has 0 spiro atoms. The third kappa shape index (κ3) is 3.21. The molecule has 102 valence electrons. The number of hydrogen-bond acceptors (Lipinski definition) is 3. The molecule has 0 aliphatic heterocycles. The van der Waals surface area contributed by atoms with Crippen LogP contribution in [0.2, 0.25) is 0 Å². The highest BCUT2D eigenvalue weighted by Gasteiger charge is 2.38. The number of carbonyl (C=O) groups excluding carboxylic acids is 2. The number of ketones is 2. The van der Waals surface area contributed by atoms with Gasteiger partial charge in [0.05, 0.1) is 5.57 Å². The standard InChI is InChI=1S/C15H24O3/c1-5-10(4)14(17)13-12(16)8-11(15(13)18)7-6-9(2)3/h9-11,17H,5-8H2,1-4H3/t10?,11-/m0/s1. The highest BCUT2D eigenvalue weighted by atomic mass is 16.3. The van der Waals surface area contributed by atoms with Gasteiger partial charge in [-0.15, -0.1) is 0 Å². The van der Waals surface area contributed by atoms with Gasteiger partial charge in [0.15, 0.2) is 11.6 Å². The largest absolute Gasteiger partial charge is 0.511 e. The zero-order valence-electron chi connectivity index (χ0n) is 11.8. The van der Waals surface area contributed by atoms with Crippen molar-refractivity contribution < 1.29 is 14.7 Å². The Morgan fingerprint density at radius 2 is 1.94 bits per heavy atom. The van der Waals surface area contributed by atoms with Crippen molar-refractivity contribution in [1.29, 1.82) is 0 Å². The van der Waals surface area contributed by atoms with Crippen LogP contribution < -0.4 is 0 Å². The van der Waals surface area contributed by atoms with Gasteiger partial charge in [-0.25, -0.2) is 0 Å². The Morgan fingerprint density at radius 3 is 2.44 bits per heavy atom. The Hall–Kier alpha value is -1.12. The van der Waals surface area contributed by atoms with E-state index < -0.39 is 0 Å². The van der Waals surface area contributed by atoms with Crippen LogP contribution in [0.25, 0.3) is 0 Å². The number of aliphatic hydroxyl groups is 1. The van der Waals surface area contributed by atoms with Crippen molar-refractivity contribution in [2.24, 2.45) is 17.8 Å². The maximum Gasteiger partial charge on any atom is 0.173 e. The molecule has 0 heterocycles. The van der Waals surface area contributed by atoms with Crippen molar-refractivity contribution in [3.63, 3.8) is 0 Å². The van der Waals surface area contributed by atoms with Gasteiger partial charge in [-0.1, -0.05) is 34.1 Å². The topological polar surface area (TPSA) is 54.4 Å². The summed E-state index contributed by atoms with van der Waals surface area (Å²) in [6.07, 6.45) is 2.70. The molecular weight excluding hydrogens is 228 g/mol. The summed E-state index contributed by atoms with van der Waals surface area (Å²) >= 11 is 0. The van der Waals surface area contributed by atoms with E-state index >= 15 is 0 Å². The SMILES string of the molecule is CCC(C)C(O)=C1C(=O)C[C@H](CCC(C)C)C1=O. The molecule has 18 heavy (non-hydrogen) atoms. The predicted octanol–water partition coefficient (Wildman–Crippen LogP) is 3.44. The molecular formula is C15H24O3. The van der Waals surface area contributed by atoms with Gasteiger partial charge in [-0.2, -0.15) is 0 Å². The van der Waals surface area contributed by atoms with Gasteiger partial charge in [0.2, 0.25) is 0 Å². The first-order chi connectivity index (χ1) is 8.38. The molecule has 1 unspecified atom stereocenters. The molecule has 0 amide bonds. The van der Waals surface area contributed by atoms with Crippen molar-refractivity contribution in [2.75, 3.05) is 0 Å². The fourth-order valence-electron chi connectivity index (χ4n) is 2.24. The third-order valence-electron chi connectivity index (χ3n) is 3.76. The second-order valence-electron chi connectivity index (χ2n) is 5.73. The molecule has 1 aliphatic rings. The van der Waals surface area contributed by atoms with Crippen LogP contribution in [0.5, 0.6) is 0 Å². The van der Waals surface area contributed by atoms with Crippen LogP contribution in [0.3, 0.4) is 0 Å². The van der Waals surface area contributed by atoms with E-state index in [1.54, 1.807) is 0 Å². The fourth-order valence-corrected chi connectivity index (χ4v) is 2.24. The molecule has 1 N–H and O–H groups in total. The molecule has 0 radical (unpaired) electrons. The monoisotopic (exact) mass is 252 g/mol. The summed E-state index contributed by atoms with van der Waals surface area (Å²) < 4.78 is 0. The summed E-state index contributed by atoms with van der Waals surface area (Å²) in [6.45, 7) is 7.98. The summed E-state index contributed by atoms with van der Waals surface area (Å²) in [6, 6.07) is 0. The highest BCUT2D eigenvalue weighted by molar-refractivity contribution is 6.26. The van der Waals surface area contributed by atoms with E-state index in [0.29, 0.717) is 5.92 Å². The maximum atomic E-state index is 12.2. The van der Waals surface area contributed by atoms with E-state index in [1.165, 1.54) is 0 Å². The molecule has 3 heteroatoms. The molecule has 0 aromatic rings. The van der Waals surface area contributed by atoms with Crippen LogP contribution in [0.15, 0.2) is 11.3 Å². The molecule has 3 nitrogen and oxygen atoms in total. The lowest BCUT2D eigenvalue weighted by Gasteiger charge is -2.11. The van der Waals surface area contributed by atoms with Crippen LogP contribution in [-0.4, -0.2) is 16.7 Å². The quantitative estimate of drug-likeness (QED) is 0.463. The van der Waals surface area contributed by atoms with Crippen LogP contribution in [0, 0.1) is 17.8 Å². The maximum absolute atomic E-state index is 12.2. The average Bonchev–Trinajstić information content (AvgIpc) is 2.60. The van der Waals surface area contributed by atoms with Gasteiger partial charge in [0.25, 0.3) is 0 Å². The fraction of sp³-hybridized carbons (Fsp3) is 0.733. The summed E-state index contributed by atoms with van der Waals surface area (Å²) in [4.78, 5) is 24.0. The Balaban J connectivity index is 2.85. The van der Waals surface area contributed by atoms with Crippen LogP contribution in [-0.2, 0) is 9.59 Å². The number of rotatable bonds is 5. The molecule has 1 rings (SSSR count). The average molecular weight is 252 g/mol. The van der Waals surface area contributed by atoms with Crippen LogP contribution >= 0.6 is 0 Å². The molecule has 0 aromatic carbocycles. The normalized spacial score (nSPS) is 24.8. The Morgan fingerprint density at radius 1 is 1.33 bits per heavy atom. The minimum atomic E-state index is -0.207. The molecule has 0 saturated heterocycles. The first-order valence-corrected chi connectivity index (χ1v) is 6.88. The molecule has 0 bridgehead atoms. The predicted molar refractivity (Wildman–Crippen MR) is 71.3 cm³/mol. The van der Waals surface area contributed by atoms with E-state index in [0.717, 1.165) is 19.3 Å². The second kappa shape index (κ2) is 6.17. The minimum absolute atomic E-state index is 0.000420. The van der Waals surface area contributed by atoms with Gasteiger partial charge >= 0.3 is 0 Å². The summed E-state index contributed by atoms with van der Waals surface area (Å²) in [5.41, 5.74) is 0.0816. The molecule has 0 aromatic heterocycles. The van der Waals surface area contributed by atoms with Crippen molar-refractivity contribution in [2.45, 2.75) is 53.4 Å². The Kier molecular flexibility index (Phi) is 5.12. The van der Waals surface area contributed by atoms with Crippen molar-refractivity contribution >= 4 is 11.6 Å². The Labute approximate surface area is 109 Å². The van der Waals surface area contributed by atoms with Crippen molar-refractivity contribution in [1.82, 2.24) is 0 Å². The summed E-state index contributed by atoms with van der Waals surface area (Å²) in [7, 11) is 0. The van der Waals surface area contributed by atoms with Crippen molar-refractivity contribution in [3.05, 3.63) is 11.3 Å². The van der Waals surface area contributed by atoms with E-state index in [9.17, 15) is 14.7 Å². The lowest BCUT2D eigenvalue weighted by Crippen LogP contribution is -2.13. The van der Waals surface area contributed by atoms with E-state index in [2.05, 4.69) is 13.8 Å². The van der Waals surface area contributed by atoms with Gasteiger partial charge in [0.1, 0.15) is 5.76 Å². The molecule has 1 aliphatic carbocycles. The number of Topliss-reactive ketones (excluding diaryl/α,β-unsaturated/α-hetero) is 2. The molecule has 1 saturated carbocycles. The summed E-state index contributed by atoms with van der Waals surface area (Å²) in [5, 5.41) is 9.99. The van der Waals surface area contributed by atoms with Gasteiger partial charge < -0.3 is 5.11 Å². The zero-order valence-corrected chi connectivity index (χ0v) is 11.8. The first-order valence-electron chi connectivity index (χ1n) is 6.88. The lowest BCUT2D eigenvalue weighted by molar-refractivity contribution is -0.118. The zero-order chi connectivity index (χ0) is 13.9. The number of aliphatic hydroxyl groups excluding tert-OH is 1. The number of hydrogen-bond donors (Lipinski definition) is 1. The van der Waals surface area contributed by atoms with Crippen LogP contribution in [0.4, 0.5) is 0 Å². The third-order valence-corrected chi connectivity index (χ3v) is 3.76. The number of carbonyl (C=O) groups is 2. The lowest BCUT2D eigenvalue weighted by atomic mass is 9.94. The van der Waals surface area contributed by atoms with E-state index in [4.69, 9.17) is 0 Å². The number of allylic oxidation sites excluding steroid dienone is 2. The van der Waals surface area contributed by atoms with E-state index in [-0.39, 0.29) is 41.2 Å². The smallest absolute Gasteiger partial charge is 0.173 e. The Bertz CT molecular complexity index is 366. The highest BCUT2D eigenvalue weighted by Crippen LogP contribution is 2.32. The van der Waals surface area contributed by atoms with Crippen LogP contribution in [0.1, 0.15) is 53.4 Å². The van der Waals surface area contributed by atoms with Gasteiger partial charge in [0, 0.05) is 18.3 Å². The summed E-state index contributed by atoms with van der Waals surface area (Å²) in [5.74, 6) is -0.105. The second-order valence-corrected chi connectivity index (χ2v) is 5.73. The molecule has 1 fully saturated rings. The van der Waals surface area contributed by atoms with E-state index in [1.807, 2.05) is 13.8 Å². The minimum Gasteiger partial charge on any atom is -0.511 e.